The number of hydrogen-bond acceptors (Lipinski definition) is 2. The first-order valence-electron chi connectivity index (χ1n) is 7.00. The molecule has 1 fully saturated rings. The second-order valence-corrected chi connectivity index (χ2v) is 7.29. The van der Waals surface area contributed by atoms with Gasteiger partial charge in [-0.3, -0.25) is 4.79 Å². The predicted molar refractivity (Wildman–Crippen MR) is 93.9 cm³/mol. The fourth-order valence-corrected chi connectivity index (χ4v) is 4.37. The molecule has 1 amide bonds. The summed E-state index contributed by atoms with van der Waals surface area (Å²) >= 11 is 14.0. The first-order valence-corrected chi connectivity index (χ1v) is 8.81. The molecule has 1 atom stereocenters. The van der Waals surface area contributed by atoms with Crippen LogP contribution in [0.25, 0.3) is 0 Å². The highest BCUT2D eigenvalue weighted by atomic mass is 35.5. The minimum absolute atomic E-state index is 0.0426. The molecule has 2 aromatic rings. The number of halogens is 2. The molecule has 0 aromatic heterocycles. The number of aryl methyl sites for hydroxylation is 1. The van der Waals surface area contributed by atoms with E-state index in [1.54, 1.807) is 17.8 Å². The Morgan fingerprint density at radius 2 is 1.91 bits per heavy atom. The first kappa shape index (κ1) is 15.7. The van der Waals surface area contributed by atoms with Crippen molar-refractivity contribution in [2.75, 3.05) is 12.3 Å². The van der Waals surface area contributed by atoms with Crippen LogP contribution in [0.3, 0.4) is 0 Å². The fourth-order valence-electron chi connectivity index (χ4n) is 2.50. The molecule has 5 heteroatoms. The largest absolute Gasteiger partial charge is 0.322 e. The van der Waals surface area contributed by atoms with Gasteiger partial charge >= 0.3 is 0 Å². The van der Waals surface area contributed by atoms with Gasteiger partial charge in [0.05, 0.1) is 0 Å². The Bertz CT molecular complexity index is 702. The third kappa shape index (κ3) is 3.12. The Hall–Kier alpha value is -1.16. The van der Waals surface area contributed by atoms with Crippen molar-refractivity contribution in [1.29, 1.82) is 0 Å². The monoisotopic (exact) mass is 351 g/mol. The number of carbonyl (C=O) groups is 1. The van der Waals surface area contributed by atoms with E-state index in [0.717, 1.165) is 23.4 Å². The summed E-state index contributed by atoms with van der Waals surface area (Å²) < 4.78 is 0. The van der Waals surface area contributed by atoms with Gasteiger partial charge in [-0.25, -0.2) is 0 Å². The lowest BCUT2D eigenvalue weighted by atomic mass is 10.1. The number of amides is 1. The van der Waals surface area contributed by atoms with E-state index in [1.807, 2.05) is 48.2 Å². The molecule has 0 bridgehead atoms. The summed E-state index contributed by atoms with van der Waals surface area (Å²) in [6.07, 6.45) is 0. The zero-order chi connectivity index (χ0) is 15.7. The van der Waals surface area contributed by atoms with Crippen LogP contribution in [0.2, 0.25) is 10.0 Å². The van der Waals surface area contributed by atoms with E-state index in [0.29, 0.717) is 15.6 Å². The van der Waals surface area contributed by atoms with Crippen molar-refractivity contribution >= 4 is 40.9 Å². The molecule has 0 radical (unpaired) electrons. The van der Waals surface area contributed by atoms with Crippen LogP contribution in [0.4, 0.5) is 0 Å². The molecule has 114 valence electrons. The predicted octanol–water partition coefficient (Wildman–Crippen LogP) is 5.19. The van der Waals surface area contributed by atoms with Gasteiger partial charge < -0.3 is 4.90 Å². The van der Waals surface area contributed by atoms with Gasteiger partial charge in [-0.2, -0.15) is 0 Å². The number of hydrogen-bond donors (Lipinski definition) is 0. The van der Waals surface area contributed by atoms with Gasteiger partial charge in [-0.1, -0.05) is 47.0 Å². The lowest BCUT2D eigenvalue weighted by Crippen LogP contribution is -2.30. The van der Waals surface area contributed by atoms with Crippen LogP contribution < -0.4 is 0 Å². The Balaban J connectivity index is 1.89. The summed E-state index contributed by atoms with van der Waals surface area (Å²) in [6, 6.07) is 13.1. The smallest absolute Gasteiger partial charge is 0.255 e. The molecule has 0 saturated carbocycles. The maximum Gasteiger partial charge on any atom is 0.255 e. The summed E-state index contributed by atoms with van der Waals surface area (Å²) in [7, 11) is 0. The molecule has 0 N–H and O–H groups in total. The summed E-state index contributed by atoms with van der Waals surface area (Å²) in [6.45, 7) is 2.73. The third-order valence-electron chi connectivity index (χ3n) is 3.68. The molecule has 0 aliphatic carbocycles. The Kier molecular flexibility index (Phi) is 4.67. The van der Waals surface area contributed by atoms with Gasteiger partial charge in [-0.05, 0) is 31.2 Å². The lowest BCUT2D eigenvalue weighted by molar-refractivity contribution is 0.0760. The van der Waals surface area contributed by atoms with Crippen molar-refractivity contribution in [3.05, 3.63) is 69.2 Å². The van der Waals surface area contributed by atoms with E-state index >= 15 is 0 Å². The first-order chi connectivity index (χ1) is 10.6. The quantitative estimate of drug-likeness (QED) is 0.741. The minimum Gasteiger partial charge on any atom is -0.322 e. The second-order valence-electron chi connectivity index (χ2n) is 5.25. The van der Waals surface area contributed by atoms with Gasteiger partial charge in [-0.15, -0.1) is 11.8 Å². The third-order valence-corrected chi connectivity index (χ3v) is 5.48. The van der Waals surface area contributed by atoms with Crippen LogP contribution in [0, 0.1) is 6.92 Å². The van der Waals surface area contributed by atoms with E-state index in [9.17, 15) is 4.79 Å². The Morgan fingerprint density at radius 3 is 2.59 bits per heavy atom. The molecule has 22 heavy (non-hydrogen) atoms. The highest BCUT2D eigenvalue weighted by molar-refractivity contribution is 7.99. The van der Waals surface area contributed by atoms with E-state index in [2.05, 4.69) is 0 Å². The van der Waals surface area contributed by atoms with Crippen LogP contribution in [-0.2, 0) is 0 Å². The van der Waals surface area contributed by atoms with Crippen LogP contribution >= 0.6 is 35.0 Å². The zero-order valence-electron chi connectivity index (χ0n) is 12.1. The van der Waals surface area contributed by atoms with E-state index in [-0.39, 0.29) is 11.3 Å². The standard InChI is InChI=1S/C17H15Cl2NOS/c1-11-2-4-12(5-3-11)16(21)20-8-9-22-17(20)14-7-6-13(18)10-15(14)19/h2-7,10,17H,8-9H2,1H3/t17-/m0/s1. The molecular formula is C17H15Cl2NOS. The summed E-state index contributed by atoms with van der Waals surface area (Å²) in [5.41, 5.74) is 2.79. The van der Waals surface area contributed by atoms with Crippen molar-refractivity contribution in [1.82, 2.24) is 4.90 Å². The lowest BCUT2D eigenvalue weighted by Gasteiger charge is -2.25. The summed E-state index contributed by atoms with van der Waals surface area (Å²) in [4.78, 5) is 14.6. The highest BCUT2D eigenvalue weighted by Crippen LogP contribution is 2.42. The van der Waals surface area contributed by atoms with Gasteiger partial charge in [0.15, 0.2) is 0 Å². The van der Waals surface area contributed by atoms with Crippen LogP contribution in [0.5, 0.6) is 0 Å². The molecule has 3 rings (SSSR count). The topological polar surface area (TPSA) is 20.3 Å². The normalized spacial score (nSPS) is 17.8. The van der Waals surface area contributed by atoms with Crippen molar-refractivity contribution < 1.29 is 4.79 Å². The Morgan fingerprint density at radius 1 is 1.18 bits per heavy atom. The maximum absolute atomic E-state index is 12.8. The van der Waals surface area contributed by atoms with Gasteiger partial charge in [0, 0.05) is 33.5 Å². The molecule has 1 aliphatic heterocycles. The van der Waals surface area contributed by atoms with Gasteiger partial charge in [0.25, 0.3) is 5.91 Å². The molecule has 2 nitrogen and oxygen atoms in total. The summed E-state index contributed by atoms with van der Waals surface area (Å²) in [5.74, 6) is 0.947. The zero-order valence-corrected chi connectivity index (χ0v) is 14.4. The number of benzene rings is 2. The average Bonchev–Trinajstić information content (AvgIpc) is 2.96. The molecule has 0 spiro atoms. The average molecular weight is 352 g/mol. The molecule has 1 aliphatic rings. The molecule has 1 saturated heterocycles. The molecular weight excluding hydrogens is 337 g/mol. The molecule has 1 heterocycles. The van der Waals surface area contributed by atoms with Crippen LogP contribution in [0.1, 0.15) is 26.9 Å². The van der Waals surface area contributed by atoms with E-state index in [4.69, 9.17) is 23.2 Å². The number of nitrogens with zero attached hydrogens (tertiary/aromatic N) is 1. The van der Waals surface area contributed by atoms with Crippen molar-refractivity contribution in [2.45, 2.75) is 12.3 Å². The highest BCUT2D eigenvalue weighted by Gasteiger charge is 2.32. The molecule has 0 unspecified atom stereocenters. The summed E-state index contributed by atoms with van der Waals surface area (Å²) in [5, 5.41) is 1.15. The Labute approximate surface area is 144 Å². The second kappa shape index (κ2) is 6.53. The van der Waals surface area contributed by atoms with E-state index in [1.165, 1.54) is 0 Å². The van der Waals surface area contributed by atoms with E-state index < -0.39 is 0 Å². The SMILES string of the molecule is Cc1ccc(C(=O)N2CCS[C@H]2c2ccc(Cl)cc2Cl)cc1. The number of thioether (sulfide) groups is 1. The van der Waals surface area contributed by atoms with Crippen LogP contribution in [-0.4, -0.2) is 23.1 Å². The maximum atomic E-state index is 12.8. The number of rotatable bonds is 2. The minimum atomic E-state index is -0.0569. The van der Waals surface area contributed by atoms with Crippen molar-refractivity contribution in [3.63, 3.8) is 0 Å². The van der Waals surface area contributed by atoms with Gasteiger partial charge in [0.1, 0.15) is 5.37 Å². The van der Waals surface area contributed by atoms with Crippen molar-refractivity contribution in [3.8, 4) is 0 Å². The fraction of sp³-hybridized carbons (Fsp3) is 0.235. The van der Waals surface area contributed by atoms with Crippen molar-refractivity contribution in [2.24, 2.45) is 0 Å². The van der Waals surface area contributed by atoms with Crippen LogP contribution in [0.15, 0.2) is 42.5 Å². The molecule has 2 aromatic carbocycles. The van der Waals surface area contributed by atoms with Gasteiger partial charge in [0.2, 0.25) is 0 Å². The number of carbonyl (C=O) groups excluding carboxylic acids is 1.